The molecule has 1 aromatic heterocycles. The fourth-order valence-corrected chi connectivity index (χ4v) is 3.60. The minimum Gasteiger partial charge on any atom is -0.376 e. The third-order valence-corrected chi connectivity index (χ3v) is 4.96. The third kappa shape index (κ3) is 3.83. The molecule has 0 spiro atoms. The van der Waals surface area contributed by atoms with Crippen LogP contribution < -0.4 is 5.32 Å². The number of aromatic nitrogens is 2. The molecule has 3 rings (SSSR count). The van der Waals surface area contributed by atoms with Gasteiger partial charge < -0.3 is 10.1 Å². The smallest absolute Gasteiger partial charge is 0.255 e. The van der Waals surface area contributed by atoms with Crippen LogP contribution in [0.5, 0.6) is 0 Å². The fraction of sp³-hybridized carbons (Fsp3) is 0.524. The highest BCUT2D eigenvalue weighted by Gasteiger charge is 2.24. The molecule has 0 aliphatic carbocycles. The van der Waals surface area contributed by atoms with Crippen LogP contribution in [-0.4, -0.2) is 34.9 Å². The van der Waals surface area contributed by atoms with Crippen LogP contribution in [0, 0.1) is 6.92 Å². The maximum Gasteiger partial charge on any atom is 0.255 e. The van der Waals surface area contributed by atoms with Crippen molar-refractivity contribution in [3.8, 4) is 5.69 Å². The molecule has 0 radical (unpaired) electrons. The molecule has 1 aliphatic heterocycles. The van der Waals surface area contributed by atoms with Gasteiger partial charge in [-0.2, -0.15) is 5.10 Å². The van der Waals surface area contributed by atoms with Gasteiger partial charge in [0.2, 0.25) is 0 Å². The number of hydrogen-bond donors (Lipinski definition) is 1. The first kappa shape index (κ1) is 18.6. The highest BCUT2D eigenvalue weighted by Crippen LogP contribution is 2.23. The van der Waals surface area contributed by atoms with Gasteiger partial charge in [-0.3, -0.25) is 4.79 Å². The summed E-state index contributed by atoms with van der Waals surface area (Å²) in [5, 5.41) is 7.90. The van der Waals surface area contributed by atoms with Crippen molar-refractivity contribution in [2.75, 3.05) is 13.2 Å². The summed E-state index contributed by atoms with van der Waals surface area (Å²) in [6.07, 6.45) is 4.76. The average Bonchev–Trinajstić information content (AvgIpc) is 3.28. The molecule has 2 aromatic rings. The highest BCUT2D eigenvalue weighted by molar-refractivity contribution is 5.96. The maximum atomic E-state index is 13.0. The molecule has 1 unspecified atom stereocenters. The summed E-state index contributed by atoms with van der Waals surface area (Å²) in [6.45, 7) is 7.65. The SMILES string of the molecule is CCCc1nn(-c2ccccc2C)c(CC)c1C(=O)NCC1CCCO1. The lowest BCUT2D eigenvalue weighted by atomic mass is 10.1. The van der Waals surface area contributed by atoms with Crippen LogP contribution in [0.4, 0.5) is 0 Å². The van der Waals surface area contributed by atoms with Crippen LogP contribution in [0.2, 0.25) is 0 Å². The molecule has 2 heterocycles. The Bertz CT molecular complexity index is 761. The van der Waals surface area contributed by atoms with Crippen molar-refractivity contribution in [2.24, 2.45) is 0 Å². The van der Waals surface area contributed by atoms with E-state index in [9.17, 15) is 4.79 Å². The number of nitrogens with one attached hydrogen (secondary N) is 1. The molecular weight excluding hydrogens is 326 g/mol. The number of carbonyl (C=O) groups is 1. The van der Waals surface area contributed by atoms with Crippen LogP contribution in [-0.2, 0) is 17.6 Å². The predicted octanol–water partition coefficient (Wildman–Crippen LogP) is 3.60. The molecule has 5 heteroatoms. The molecule has 1 aromatic carbocycles. The summed E-state index contributed by atoms with van der Waals surface area (Å²) in [5.74, 6) is -0.0272. The summed E-state index contributed by atoms with van der Waals surface area (Å²) in [5.41, 5.74) is 4.81. The van der Waals surface area contributed by atoms with E-state index in [-0.39, 0.29) is 12.0 Å². The number of para-hydroxylation sites is 1. The van der Waals surface area contributed by atoms with Crippen LogP contribution in [0.3, 0.4) is 0 Å². The number of aryl methyl sites for hydroxylation is 2. The van der Waals surface area contributed by atoms with Gasteiger partial charge in [0.1, 0.15) is 0 Å². The Balaban J connectivity index is 1.94. The van der Waals surface area contributed by atoms with E-state index in [0.717, 1.165) is 66.9 Å². The van der Waals surface area contributed by atoms with Gasteiger partial charge in [0.15, 0.2) is 0 Å². The zero-order valence-electron chi connectivity index (χ0n) is 16.0. The van der Waals surface area contributed by atoms with Crippen molar-refractivity contribution in [1.29, 1.82) is 0 Å². The lowest BCUT2D eigenvalue weighted by Gasteiger charge is -2.12. The third-order valence-electron chi connectivity index (χ3n) is 4.96. The van der Waals surface area contributed by atoms with Gasteiger partial charge in [-0.05, 0) is 44.2 Å². The van der Waals surface area contributed by atoms with Crippen molar-refractivity contribution in [1.82, 2.24) is 15.1 Å². The molecule has 1 aliphatic rings. The second-order valence-electron chi connectivity index (χ2n) is 6.92. The lowest BCUT2D eigenvalue weighted by molar-refractivity contribution is 0.0856. The maximum absolute atomic E-state index is 13.0. The van der Waals surface area contributed by atoms with Gasteiger partial charge in [-0.25, -0.2) is 4.68 Å². The van der Waals surface area contributed by atoms with Crippen molar-refractivity contribution in [3.05, 3.63) is 46.8 Å². The summed E-state index contributed by atoms with van der Waals surface area (Å²) in [4.78, 5) is 13.0. The monoisotopic (exact) mass is 355 g/mol. The quantitative estimate of drug-likeness (QED) is 0.825. The predicted molar refractivity (Wildman–Crippen MR) is 103 cm³/mol. The Morgan fingerprint density at radius 3 is 2.81 bits per heavy atom. The lowest BCUT2D eigenvalue weighted by Crippen LogP contribution is -2.32. The first-order valence-electron chi connectivity index (χ1n) is 9.72. The first-order valence-corrected chi connectivity index (χ1v) is 9.72. The van der Waals surface area contributed by atoms with Crippen molar-refractivity contribution >= 4 is 5.91 Å². The molecule has 1 N–H and O–H groups in total. The van der Waals surface area contributed by atoms with Crippen molar-refractivity contribution < 1.29 is 9.53 Å². The molecular formula is C21H29N3O2. The van der Waals surface area contributed by atoms with E-state index in [2.05, 4.69) is 38.2 Å². The largest absolute Gasteiger partial charge is 0.376 e. The van der Waals surface area contributed by atoms with Crippen LogP contribution in [0.25, 0.3) is 5.69 Å². The van der Waals surface area contributed by atoms with Gasteiger partial charge in [-0.1, -0.05) is 38.5 Å². The van der Waals surface area contributed by atoms with E-state index in [1.54, 1.807) is 0 Å². The standard InChI is InChI=1S/C21H29N3O2/c1-4-9-17-20(21(25)22-14-16-11-8-13-26-16)18(5-2)24(23-17)19-12-7-6-10-15(19)3/h6-7,10,12,16H,4-5,8-9,11,13-14H2,1-3H3,(H,22,25). The molecule has 0 bridgehead atoms. The number of carbonyl (C=O) groups excluding carboxylic acids is 1. The van der Waals surface area contributed by atoms with E-state index in [4.69, 9.17) is 9.84 Å². The Labute approximate surface area is 155 Å². The summed E-state index contributed by atoms with van der Waals surface area (Å²) >= 11 is 0. The molecule has 1 amide bonds. The van der Waals surface area contributed by atoms with Gasteiger partial charge >= 0.3 is 0 Å². The molecule has 1 saturated heterocycles. The molecule has 1 atom stereocenters. The van der Waals surface area contributed by atoms with Crippen molar-refractivity contribution in [2.45, 2.75) is 59.0 Å². The highest BCUT2D eigenvalue weighted by atomic mass is 16.5. The van der Waals surface area contributed by atoms with E-state index in [1.165, 1.54) is 0 Å². The molecule has 1 fully saturated rings. The summed E-state index contributed by atoms with van der Waals surface area (Å²) in [6, 6.07) is 8.18. The zero-order valence-corrected chi connectivity index (χ0v) is 16.0. The second kappa shape index (κ2) is 8.49. The summed E-state index contributed by atoms with van der Waals surface area (Å²) < 4.78 is 7.59. The van der Waals surface area contributed by atoms with E-state index >= 15 is 0 Å². The minimum absolute atomic E-state index is 0.0272. The van der Waals surface area contributed by atoms with Crippen LogP contribution in [0.15, 0.2) is 24.3 Å². The zero-order chi connectivity index (χ0) is 18.5. The fourth-order valence-electron chi connectivity index (χ4n) is 3.60. The summed E-state index contributed by atoms with van der Waals surface area (Å²) in [7, 11) is 0. The van der Waals surface area contributed by atoms with E-state index in [1.807, 2.05) is 16.8 Å². The second-order valence-corrected chi connectivity index (χ2v) is 6.92. The normalized spacial score (nSPS) is 16.8. The number of rotatable bonds is 7. The van der Waals surface area contributed by atoms with E-state index in [0.29, 0.717) is 6.54 Å². The Hall–Kier alpha value is -2.14. The molecule has 140 valence electrons. The Morgan fingerprint density at radius 1 is 1.35 bits per heavy atom. The topological polar surface area (TPSA) is 56.2 Å². The van der Waals surface area contributed by atoms with Gasteiger partial charge in [0.05, 0.1) is 28.7 Å². The number of ether oxygens (including phenoxy) is 1. The van der Waals surface area contributed by atoms with E-state index < -0.39 is 0 Å². The van der Waals surface area contributed by atoms with Gasteiger partial charge in [-0.15, -0.1) is 0 Å². The van der Waals surface area contributed by atoms with Crippen LogP contribution >= 0.6 is 0 Å². The first-order chi connectivity index (χ1) is 12.7. The molecule has 5 nitrogen and oxygen atoms in total. The van der Waals surface area contributed by atoms with Crippen LogP contribution in [0.1, 0.15) is 60.4 Å². The number of benzene rings is 1. The molecule has 26 heavy (non-hydrogen) atoms. The number of amides is 1. The number of nitrogens with zero attached hydrogens (tertiary/aromatic N) is 2. The Morgan fingerprint density at radius 2 is 2.15 bits per heavy atom. The average molecular weight is 355 g/mol. The number of hydrogen-bond acceptors (Lipinski definition) is 3. The Kier molecular flexibility index (Phi) is 6.09. The van der Waals surface area contributed by atoms with Crippen molar-refractivity contribution in [3.63, 3.8) is 0 Å². The van der Waals surface area contributed by atoms with Gasteiger partial charge in [0.25, 0.3) is 5.91 Å². The molecule has 0 saturated carbocycles. The minimum atomic E-state index is -0.0272. The van der Waals surface area contributed by atoms with Gasteiger partial charge in [0, 0.05) is 13.2 Å².